The smallest absolute Gasteiger partial charge is 0.305 e. The topological polar surface area (TPSA) is 314 Å². The first-order chi connectivity index (χ1) is 36.4. The summed E-state index contributed by atoms with van der Waals surface area (Å²) in [4.78, 5) is 86.6. The quantitative estimate of drug-likeness (QED) is 0.0255. The summed E-state index contributed by atoms with van der Waals surface area (Å²) in [7, 11) is -10.5. The van der Waals surface area contributed by atoms with Crippen molar-refractivity contribution in [3.63, 3.8) is 0 Å². The normalized spacial score (nSPS) is 11.9. The zero-order valence-electron chi connectivity index (χ0n) is 46.2. The Labute approximate surface area is 458 Å². The van der Waals surface area contributed by atoms with Crippen molar-refractivity contribution < 1.29 is 105 Å². The molecule has 0 heterocycles. The minimum atomic E-state index is -3.49. The third kappa shape index (κ3) is 51.2. The van der Waals surface area contributed by atoms with Gasteiger partial charge < -0.3 is 33.2 Å². The molecule has 0 bridgehead atoms. The van der Waals surface area contributed by atoms with E-state index < -0.39 is 53.7 Å². The Morgan fingerprint density at radius 2 is 0.455 bits per heavy atom. The van der Waals surface area contributed by atoms with Crippen LogP contribution in [-0.4, -0.2) is 152 Å². The molecule has 0 aromatic heterocycles. The monoisotopic (exact) mass is 1170 g/mol. The summed E-state index contributed by atoms with van der Waals surface area (Å²) in [5.74, 6) is -2.91. The predicted molar refractivity (Wildman–Crippen MR) is 281 cm³/mol. The fourth-order valence-corrected chi connectivity index (χ4v) is 8.11. The molecule has 0 atom stereocenters. The van der Waals surface area contributed by atoms with Crippen molar-refractivity contribution in [3.8, 4) is 0 Å². The van der Waals surface area contributed by atoms with Gasteiger partial charge in [-0.05, 0) is 122 Å². The van der Waals surface area contributed by atoms with Crippen LogP contribution in [0.15, 0.2) is 0 Å². The number of hydrogen-bond acceptors (Lipinski definition) is 23. The van der Waals surface area contributed by atoms with Crippen LogP contribution in [0.25, 0.3) is 0 Å². The zero-order valence-corrected chi connectivity index (χ0v) is 48.6. The van der Waals surface area contributed by atoms with Crippen molar-refractivity contribution >= 4 is 72.1 Å². The van der Waals surface area contributed by atoms with Crippen molar-refractivity contribution in [2.45, 2.75) is 193 Å². The lowest BCUT2D eigenvalue weighted by Gasteiger charge is -2.31. The van der Waals surface area contributed by atoms with E-state index in [-0.39, 0.29) is 135 Å². The first-order valence-corrected chi connectivity index (χ1v) is 32.5. The summed E-state index contributed by atoms with van der Waals surface area (Å²) < 4.78 is 118. The van der Waals surface area contributed by atoms with Crippen LogP contribution in [0.1, 0.15) is 193 Å². The number of esters is 7. The van der Waals surface area contributed by atoms with Crippen LogP contribution in [0.5, 0.6) is 0 Å². The Kier molecular flexibility index (Phi) is 42.5. The van der Waals surface area contributed by atoms with E-state index in [2.05, 4.69) is 12.5 Å². The van der Waals surface area contributed by atoms with Gasteiger partial charge in [0.1, 0.15) is 19.8 Å². The number of ether oxygens (including phenoxy) is 7. The maximum absolute atomic E-state index is 12.9. The maximum Gasteiger partial charge on any atom is 0.305 e. The van der Waals surface area contributed by atoms with Gasteiger partial charge >= 0.3 is 41.8 Å². The molecule has 0 saturated carbocycles. The van der Waals surface area contributed by atoms with E-state index in [9.17, 15) is 58.8 Å². The molecule has 450 valence electrons. The molecular formula is C51H90O23S3. The zero-order chi connectivity index (χ0) is 57.7. The summed E-state index contributed by atoms with van der Waals surface area (Å²) in [5, 5.41) is 0. The second-order valence-corrected chi connectivity index (χ2v) is 23.9. The highest BCUT2D eigenvalue weighted by atomic mass is 32.2. The first-order valence-electron chi connectivity index (χ1n) is 27.1. The Bertz CT molecular complexity index is 1920. The van der Waals surface area contributed by atoms with E-state index >= 15 is 0 Å². The van der Waals surface area contributed by atoms with Gasteiger partial charge in [0.05, 0.1) is 70.4 Å². The van der Waals surface area contributed by atoms with Gasteiger partial charge in [-0.15, -0.1) is 0 Å². The molecule has 26 heteroatoms. The van der Waals surface area contributed by atoms with Gasteiger partial charge in [0, 0.05) is 44.9 Å². The molecule has 0 radical (unpaired) electrons. The molecule has 0 N–H and O–H groups in total. The van der Waals surface area contributed by atoms with Crippen molar-refractivity contribution in [1.29, 1.82) is 0 Å². The highest BCUT2D eigenvalue weighted by molar-refractivity contribution is 7.86. The largest absolute Gasteiger partial charge is 0.466 e. The third-order valence-corrected chi connectivity index (χ3v) is 13.3. The minimum absolute atomic E-state index is 0.0598. The van der Waals surface area contributed by atoms with Crippen LogP contribution in [0, 0.1) is 5.41 Å². The van der Waals surface area contributed by atoms with Crippen LogP contribution in [-0.2, 0) is 110 Å². The van der Waals surface area contributed by atoms with Crippen LogP contribution < -0.4 is 0 Å². The lowest BCUT2D eigenvalue weighted by Crippen LogP contribution is -2.39. The summed E-state index contributed by atoms with van der Waals surface area (Å²) in [6.45, 7) is 2.24. The van der Waals surface area contributed by atoms with E-state index in [1.54, 1.807) is 6.92 Å². The van der Waals surface area contributed by atoms with Gasteiger partial charge in [-0.25, -0.2) is 0 Å². The molecule has 0 unspecified atom stereocenters. The van der Waals surface area contributed by atoms with E-state index in [0.717, 1.165) is 18.8 Å². The molecule has 0 fully saturated rings. The van der Waals surface area contributed by atoms with E-state index in [1.165, 1.54) is 0 Å². The van der Waals surface area contributed by atoms with Crippen LogP contribution >= 0.6 is 0 Å². The van der Waals surface area contributed by atoms with E-state index in [1.807, 2.05) is 0 Å². The molecule has 0 aromatic carbocycles. The summed E-state index contributed by atoms with van der Waals surface area (Å²) in [6.07, 6.45) is 15.9. The maximum atomic E-state index is 12.9. The number of hydrogen-bond donors (Lipinski definition) is 0. The van der Waals surface area contributed by atoms with E-state index in [4.69, 9.17) is 33.2 Å². The lowest BCUT2D eigenvalue weighted by molar-refractivity contribution is -0.163. The average molecular weight is 1170 g/mol. The number of carbonyl (C=O) groups excluding carboxylic acids is 7. The van der Waals surface area contributed by atoms with Crippen molar-refractivity contribution in [2.24, 2.45) is 5.41 Å². The number of unbranched alkanes of at least 4 members (excludes halogenated alkanes) is 14. The molecule has 0 aliphatic carbocycles. The minimum Gasteiger partial charge on any atom is -0.466 e. The van der Waals surface area contributed by atoms with Crippen LogP contribution in [0.3, 0.4) is 0 Å². The molecular weight excluding hydrogens is 1080 g/mol. The molecule has 0 aliphatic rings. The molecule has 0 saturated heterocycles. The molecule has 0 rings (SSSR count). The van der Waals surface area contributed by atoms with Crippen LogP contribution in [0.2, 0.25) is 0 Å². The Morgan fingerprint density at radius 1 is 0.273 bits per heavy atom. The van der Waals surface area contributed by atoms with Crippen molar-refractivity contribution in [2.75, 3.05) is 84.8 Å². The lowest BCUT2D eigenvalue weighted by atomic mass is 9.88. The third-order valence-electron chi connectivity index (χ3n) is 11.5. The van der Waals surface area contributed by atoms with Gasteiger partial charge in [0.15, 0.2) is 0 Å². The fraction of sp³-hybridized carbons (Fsp3) is 0.863. The Morgan fingerprint density at radius 3 is 0.636 bits per heavy atom. The molecule has 0 spiro atoms. The highest BCUT2D eigenvalue weighted by Crippen LogP contribution is 2.26. The fourth-order valence-electron chi connectivity index (χ4n) is 6.85. The predicted octanol–water partition coefficient (Wildman–Crippen LogP) is 7.04. The van der Waals surface area contributed by atoms with Gasteiger partial charge in [-0.1, -0.05) is 26.2 Å². The second kappa shape index (κ2) is 44.8. The molecule has 23 nitrogen and oxygen atoms in total. The van der Waals surface area contributed by atoms with Gasteiger partial charge in [0.2, 0.25) is 0 Å². The summed E-state index contributed by atoms with van der Waals surface area (Å²) in [6, 6.07) is 0. The van der Waals surface area contributed by atoms with Crippen molar-refractivity contribution in [3.05, 3.63) is 0 Å². The standard InChI is InChI=1S/C51H90O23S3/c1-5-51(42-70-49(57)32-15-8-22-36-67-46(54)29-18-11-25-39-73-76(3,61)62,43-71-50(58)33-16-9-23-37-68-47(55)30-19-12-26-40-74-77(4,63)64)41-69-48(56)31-14-7-21-35-65-44(52)27-13-6-20-34-66-45(53)28-17-10-24-38-72-75(2,59)60/h5-43H2,1-4H3. The average Bonchev–Trinajstić information content (AvgIpc) is 3.35. The number of rotatable bonds is 52. The highest BCUT2D eigenvalue weighted by Gasteiger charge is 2.34. The molecule has 0 amide bonds. The second-order valence-electron chi connectivity index (χ2n) is 19.0. The SMILES string of the molecule is CCC(COC(=O)CCCCCOC(=O)CCCCCOC(=O)CCCCCOS(C)(=O)=O)(COC(=O)CCCCCOC(=O)CCCCCOS(C)(=O)=O)COC(=O)CCCCCOC(=O)CCCCCOS(C)(=O)=O. The molecule has 0 aliphatic heterocycles. The first kappa shape index (κ1) is 73.0. The Hall–Kier alpha value is -3.98. The van der Waals surface area contributed by atoms with Crippen LogP contribution in [0.4, 0.5) is 0 Å². The molecule has 77 heavy (non-hydrogen) atoms. The molecule has 0 aromatic rings. The van der Waals surface area contributed by atoms with Gasteiger partial charge in [0.25, 0.3) is 30.4 Å². The van der Waals surface area contributed by atoms with Gasteiger partial charge in [-0.2, -0.15) is 25.3 Å². The Balaban J connectivity index is 4.74. The van der Waals surface area contributed by atoms with E-state index in [0.29, 0.717) is 141 Å². The number of carbonyl (C=O) groups is 7. The van der Waals surface area contributed by atoms with Crippen molar-refractivity contribution in [1.82, 2.24) is 0 Å². The van der Waals surface area contributed by atoms with Gasteiger partial charge in [-0.3, -0.25) is 46.1 Å². The summed E-state index contributed by atoms with van der Waals surface area (Å²) >= 11 is 0. The summed E-state index contributed by atoms with van der Waals surface area (Å²) in [5.41, 5.74) is -1.04.